The zero-order valence-corrected chi connectivity index (χ0v) is 15.5. The number of para-hydroxylation sites is 1. The quantitative estimate of drug-likeness (QED) is 0.912. The minimum Gasteiger partial charge on any atom is -0.338 e. The summed E-state index contributed by atoms with van der Waals surface area (Å²) in [5, 5.41) is 0. The first-order chi connectivity index (χ1) is 13.0. The first-order valence-corrected chi connectivity index (χ1v) is 9.52. The molecule has 2 fully saturated rings. The van der Waals surface area contributed by atoms with E-state index in [4.69, 9.17) is 5.73 Å². The zero-order chi connectivity index (χ0) is 19.0. The fourth-order valence-corrected chi connectivity index (χ4v) is 4.40. The van der Waals surface area contributed by atoms with Crippen LogP contribution in [0.25, 0.3) is 0 Å². The van der Waals surface area contributed by atoms with Crippen molar-refractivity contribution in [2.24, 2.45) is 17.6 Å². The predicted molar refractivity (Wildman–Crippen MR) is 106 cm³/mol. The van der Waals surface area contributed by atoms with Gasteiger partial charge < -0.3 is 15.5 Å². The van der Waals surface area contributed by atoms with Gasteiger partial charge in [0.1, 0.15) is 0 Å². The van der Waals surface area contributed by atoms with Gasteiger partial charge in [-0.25, -0.2) is 0 Å². The summed E-state index contributed by atoms with van der Waals surface area (Å²) in [5.41, 5.74) is 8.09. The summed E-state index contributed by atoms with van der Waals surface area (Å²) in [5.74, 6) is 0.811. The van der Waals surface area contributed by atoms with Gasteiger partial charge in [-0.1, -0.05) is 24.3 Å². The van der Waals surface area contributed by atoms with Crippen LogP contribution in [-0.4, -0.2) is 42.9 Å². The molecule has 1 heterocycles. The van der Waals surface area contributed by atoms with Crippen LogP contribution in [0.1, 0.15) is 33.6 Å². The van der Waals surface area contributed by atoms with E-state index in [1.807, 2.05) is 35.2 Å². The summed E-state index contributed by atoms with van der Waals surface area (Å²) >= 11 is 0. The fourth-order valence-electron chi connectivity index (χ4n) is 4.40. The molecule has 2 aliphatic rings. The molecule has 1 saturated carbocycles. The summed E-state index contributed by atoms with van der Waals surface area (Å²) in [6.07, 6.45) is 2.17. The number of rotatable bonds is 3. The number of nitrogens with two attached hydrogens (primary N) is 1. The van der Waals surface area contributed by atoms with Crippen molar-refractivity contribution in [3.8, 4) is 0 Å². The molecule has 2 aromatic rings. The first-order valence-electron chi connectivity index (χ1n) is 9.52. The Morgan fingerprint density at radius 3 is 2.48 bits per heavy atom. The van der Waals surface area contributed by atoms with Gasteiger partial charge in [-0.2, -0.15) is 0 Å². The monoisotopic (exact) mass is 363 g/mol. The maximum absolute atomic E-state index is 13.0. The molecule has 140 valence electrons. The minimum absolute atomic E-state index is 0.00591. The van der Waals surface area contributed by atoms with Gasteiger partial charge >= 0.3 is 0 Å². The van der Waals surface area contributed by atoms with Gasteiger partial charge in [0, 0.05) is 43.0 Å². The second-order valence-corrected chi connectivity index (χ2v) is 7.66. The number of hydrogen-bond donors (Lipinski definition) is 1. The lowest BCUT2D eigenvalue weighted by atomic mass is 9.98. The first kappa shape index (κ1) is 17.7. The molecule has 0 bridgehead atoms. The molecule has 5 nitrogen and oxygen atoms in total. The van der Waals surface area contributed by atoms with Crippen LogP contribution in [0.15, 0.2) is 54.6 Å². The highest BCUT2D eigenvalue weighted by Crippen LogP contribution is 2.37. The van der Waals surface area contributed by atoms with E-state index >= 15 is 0 Å². The standard InChI is InChI=1S/C22H25N3O2/c1-24(18-8-3-2-4-9-18)21(26)15-6-5-7-16(12-15)22(27)25-13-17-10-11-20(23)19(17)14-25/h2-9,12,17,19-20H,10-11,13-14,23H2,1H3. The molecule has 27 heavy (non-hydrogen) atoms. The Kier molecular flexibility index (Phi) is 4.70. The molecule has 1 saturated heterocycles. The number of nitrogens with zero attached hydrogens (tertiary/aromatic N) is 2. The van der Waals surface area contributed by atoms with Crippen molar-refractivity contribution in [2.75, 3.05) is 25.0 Å². The van der Waals surface area contributed by atoms with Gasteiger partial charge in [-0.05, 0) is 55.0 Å². The molecule has 1 aliphatic heterocycles. The van der Waals surface area contributed by atoms with Crippen LogP contribution in [0, 0.1) is 11.8 Å². The van der Waals surface area contributed by atoms with Gasteiger partial charge in [-0.3, -0.25) is 9.59 Å². The van der Waals surface area contributed by atoms with Gasteiger partial charge in [-0.15, -0.1) is 0 Å². The lowest BCUT2D eigenvalue weighted by Crippen LogP contribution is -2.33. The lowest BCUT2D eigenvalue weighted by Gasteiger charge is -2.20. The Bertz CT molecular complexity index is 852. The molecular weight excluding hydrogens is 338 g/mol. The number of amides is 2. The van der Waals surface area contributed by atoms with Crippen LogP contribution in [0.5, 0.6) is 0 Å². The number of anilines is 1. The van der Waals surface area contributed by atoms with Crippen molar-refractivity contribution < 1.29 is 9.59 Å². The highest BCUT2D eigenvalue weighted by Gasteiger charge is 2.42. The number of fused-ring (bicyclic) bond motifs is 1. The fraction of sp³-hybridized carbons (Fsp3) is 0.364. The van der Waals surface area contributed by atoms with Crippen LogP contribution in [0.2, 0.25) is 0 Å². The van der Waals surface area contributed by atoms with E-state index in [0.717, 1.165) is 31.6 Å². The summed E-state index contributed by atoms with van der Waals surface area (Å²) in [6.45, 7) is 1.51. The minimum atomic E-state index is -0.129. The third-order valence-corrected chi connectivity index (χ3v) is 6.00. The van der Waals surface area contributed by atoms with Crippen LogP contribution in [0.3, 0.4) is 0 Å². The van der Waals surface area contributed by atoms with E-state index < -0.39 is 0 Å². The Morgan fingerprint density at radius 2 is 1.74 bits per heavy atom. The average Bonchev–Trinajstić information content (AvgIpc) is 3.29. The van der Waals surface area contributed by atoms with Crippen LogP contribution in [0.4, 0.5) is 5.69 Å². The summed E-state index contributed by atoms with van der Waals surface area (Å²) in [6, 6.07) is 16.7. The van der Waals surface area contributed by atoms with E-state index in [0.29, 0.717) is 23.0 Å². The Labute approximate surface area is 159 Å². The number of carbonyl (C=O) groups is 2. The van der Waals surface area contributed by atoms with E-state index in [2.05, 4.69) is 0 Å². The van der Waals surface area contributed by atoms with Crippen molar-refractivity contribution >= 4 is 17.5 Å². The van der Waals surface area contributed by atoms with Crippen molar-refractivity contribution in [1.82, 2.24) is 4.90 Å². The Balaban J connectivity index is 1.51. The third kappa shape index (κ3) is 3.35. The van der Waals surface area contributed by atoms with Crippen LogP contribution >= 0.6 is 0 Å². The molecule has 3 atom stereocenters. The van der Waals surface area contributed by atoms with Crippen molar-refractivity contribution in [2.45, 2.75) is 18.9 Å². The Hall–Kier alpha value is -2.66. The zero-order valence-electron chi connectivity index (χ0n) is 15.5. The molecule has 2 amide bonds. The smallest absolute Gasteiger partial charge is 0.258 e. The normalized spacial score (nSPS) is 23.9. The lowest BCUT2D eigenvalue weighted by molar-refractivity contribution is 0.0779. The van der Waals surface area contributed by atoms with Crippen LogP contribution < -0.4 is 10.6 Å². The van der Waals surface area contributed by atoms with E-state index in [1.54, 1.807) is 36.2 Å². The highest BCUT2D eigenvalue weighted by molar-refractivity contribution is 6.07. The second-order valence-electron chi connectivity index (χ2n) is 7.66. The molecule has 0 aromatic heterocycles. The number of benzene rings is 2. The van der Waals surface area contributed by atoms with Gasteiger partial charge in [0.25, 0.3) is 11.8 Å². The maximum Gasteiger partial charge on any atom is 0.258 e. The van der Waals surface area contributed by atoms with Crippen molar-refractivity contribution in [3.63, 3.8) is 0 Å². The number of likely N-dealkylation sites (tertiary alicyclic amines) is 1. The Morgan fingerprint density at radius 1 is 1.00 bits per heavy atom. The van der Waals surface area contributed by atoms with E-state index in [1.165, 1.54) is 0 Å². The molecule has 0 spiro atoms. The molecule has 1 aliphatic carbocycles. The predicted octanol–water partition coefficient (Wildman–Crippen LogP) is 2.77. The van der Waals surface area contributed by atoms with Crippen molar-refractivity contribution in [1.29, 1.82) is 0 Å². The molecular formula is C22H25N3O2. The summed E-state index contributed by atoms with van der Waals surface area (Å²) in [7, 11) is 1.75. The average molecular weight is 363 g/mol. The molecule has 2 N–H and O–H groups in total. The second kappa shape index (κ2) is 7.16. The SMILES string of the molecule is CN(C(=O)c1cccc(C(=O)N2CC3CCC(N)C3C2)c1)c1ccccc1. The highest BCUT2D eigenvalue weighted by atomic mass is 16.2. The summed E-state index contributed by atoms with van der Waals surface area (Å²) in [4.78, 5) is 29.3. The number of hydrogen-bond acceptors (Lipinski definition) is 3. The maximum atomic E-state index is 13.0. The largest absolute Gasteiger partial charge is 0.338 e. The van der Waals surface area contributed by atoms with Gasteiger partial charge in [0.15, 0.2) is 0 Å². The third-order valence-electron chi connectivity index (χ3n) is 6.00. The van der Waals surface area contributed by atoms with Gasteiger partial charge in [0.05, 0.1) is 0 Å². The van der Waals surface area contributed by atoms with E-state index in [-0.39, 0.29) is 17.9 Å². The summed E-state index contributed by atoms with van der Waals surface area (Å²) < 4.78 is 0. The molecule has 5 heteroatoms. The van der Waals surface area contributed by atoms with Gasteiger partial charge in [0.2, 0.25) is 0 Å². The van der Waals surface area contributed by atoms with Crippen molar-refractivity contribution in [3.05, 3.63) is 65.7 Å². The molecule has 4 rings (SSSR count). The van der Waals surface area contributed by atoms with Crippen LogP contribution in [-0.2, 0) is 0 Å². The topological polar surface area (TPSA) is 66.6 Å². The molecule has 2 aromatic carbocycles. The number of carbonyl (C=O) groups excluding carboxylic acids is 2. The molecule has 3 unspecified atom stereocenters. The molecule has 0 radical (unpaired) electrons. The van der Waals surface area contributed by atoms with E-state index in [9.17, 15) is 9.59 Å².